The number of carbonyl (C=O) groups is 2. The molecule has 2 rings (SSSR count). The fraction of sp³-hybridized carbons (Fsp3) is 0.467. The number of para-hydroxylation sites is 1. The van der Waals surface area contributed by atoms with Crippen LogP contribution >= 0.6 is 0 Å². The molecule has 0 bridgehead atoms. The molecule has 0 spiro atoms. The van der Waals surface area contributed by atoms with Crippen LogP contribution in [-0.2, 0) is 9.59 Å². The Morgan fingerprint density at radius 2 is 2.11 bits per heavy atom. The number of likely N-dealkylation sites (tertiary alicyclic amines) is 1. The Morgan fingerprint density at radius 1 is 1.37 bits per heavy atom. The van der Waals surface area contributed by atoms with Gasteiger partial charge in [-0.2, -0.15) is 0 Å². The van der Waals surface area contributed by atoms with E-state index >= 15 is 0 Å². The summed E-state index contributed by atoms with van der Waals surface area (Å²) < 4.78 is 0. The molecule has 0 aromatic heterocycles. The Labute approximate surface area is 113 Å². The third-order valence-corrected chi connectivity index (χ3v) is 3.41. The van der Waals surface area contributed by atoms with E-state index in [0.717, 1.165) is 25.1 Å². The number of carbonyl (C=O) groups excluding carboxylic acids is 2. The maximum Gasteiger partial charge on any atom is 0.229 e. The van der Waals surface area contributed by atoms with Crippen LogP contribution in [0.5, 0.6) is 0 Å². The van der Waals surface area contributed by atoms with Crippen LogP contribution in [0.25, 0.3) is 0 Å². The van der Waals surface area contributed by atoms with E-state index in [4.69, 9.17) is 0 Å². The number of nitrogens with one attached hydrogen (secondary N) is 1. The number of benzene rings is 1. The van der Waals surface area contributed by atoms with Gasteiger partial charge in [0.15, 0.2) is 0 Å². The summed E-state index contributed by atoms with van der Waals surface area (Å²) in [5.74, 6) is -0.176. The number of rotatable bonds is 5. The number of unbranched alkanes of at least 4 members (excludes halogenated alkanes) is 1. The molecule has 4 nitrogen and oxygen atoms in total. The molecule has 1 aliphatic heterocycles. The Bertz CT molecular complexity index is 445. The van der Waals surface area contributed by atoms with Crippen molar-refractivity contribution in [2.45, 2.75) is 26.2 Å². The highest BCUT2D eigenvalue weighted by Crippen LogP contribution is 2.20. The lowest BCUT2D eigenvalue weighted by Crippen LogP contribution is -2.29. The Kier molecular flexibility index (Phi) is 4.55. The van der Waals surface area contributed by atoms with Gasteiger partial charge in [-0.25, -0.2) is 0 Å². The smallest absolute Gasteiger partial charge is 0.229 e. The van der Waals surface area contributed by atoms with Crippen molar-refractivity contribution >= 4 is 17.5 Å². The molecule has 0 aliphatic carbocycles. The van der Waals surface area contributed by atoms with Crippen molar-refractivity contribution in [3.05, 3.63) is 30.3 Å². The van der Waals surface area contributed by atoms with Crippen LogP contribution in [0.15, 0.2) is 30.3 Å². The van der Waals surface area contributed by atoms with Crippen LogP contribution in [0.1, 0.15) is 26.2 Å². The fourth-order valence-corrected chi connectivity index (χ4v) is 2.28. The zero-order chi connectivity index (χ0) is 13.7. The van der Waals surface area contributed by atoms with E-state index in [1.54, 1.807) is 4.90 Å². The van der Waals surface area contributed by atoms with Gasteiger partial charge >= 0.3 is 0 Å². The van der Waals surface area contributed by atoms with Crippen molar-refractivity contribution < 1.29 is 9.59 Å². The van der Waals surface area contributed by atoms with Crippen LogP contribution in [0, 0.1) is 5.92 Å². The second-order valence-corrected chi connectivity index (χ2v) is 4.95. The SMILES string of the molecule is CCCCN1C[C@H](C(=O)Nc2ccccc2)CC1=O. The molecule has 1 aromatic carbocycles. The van der Waals surface area contributed by atoms with Crippen LogP contribution in [0.2, 0.25) is 0 Å². The molecule has 0 radical (unpaired) electrons. The summed E-state index contributed by atoms with van der Waals surface area (Å²) in [6.45, 7) is 3.42. The van der Waals surface area contributed by atoms with Gasteiger partial charge in [0.1, 0.15) is 0 Å². The maximum absolute atomic E-state index is 12.1. The molecule has 102 valence electrons. The lowest BCUT2D eigenvalue weighted by Gasteiger charge is -2.15. The van der Waals surface area contributed by atoms with E-state index in [1.165, 1.54) is 0 Å². The van der Waals surface area contributed by atoms with Gasteiger partial charge in [0, 0.05) is 25.2 Å². The van der Waals surface area contributed by atoms with Crippen LogP contribution < -0.4 is 5.32 Å². The van der Waals surface area contributed by atoms with E-state index in [0.29, 0.717) is 13.0 Å². The van der Waals surface area contributed by atoms with Crippen molar-refractivity contribution in [1.82, 2.24) is 4.90 Å². The zero-order valence-electron chi connectivity index (χ0n) is 11.3. The monoisotopic (exact) mass is 260 g/mol. The summed E-state index contributed by atoms with van der Waals surface area (Å²) in [6.07, 6.45) is 2.39. The third kappa shape index (κ3) is 3.56. The summed E-state index contributed by atoms with van der Waals surface area (Å²) in [5.41, 5.74) is 0.784. The van der Waals surface area contributed by atoms with Crippen LogP contribution in [-0.4, -0.2) is 29.8 Å². The molecule has 4 heteroatoms. The summed E-state index contributed by atoms with van der Waals surface area (Å²) in [4.78, 5) is 25.7. The third-order valence-electron chi connectivity index (χ3n) is 3.41. The predicted molar refractivity (Wildman–Crippen MR) is 74.7 cm³/mol. The number of anilines is 1. The van der Waals surface area contributed by atoms with Crippen LogP contribution in [0.4, 0.5) is 5.69 Å². The van der Waals surface area contributed by atoms with Gasteiger partial charge in [-0.05, 0) is 18.6 Å². The summed E-state index contributed by atoms with van der Waals surface area (Å²) in [7, 11) is 0. The molecule has 1 aromatic rings. The van der Waals surface area contributed by atoms with Crippen molar-refractivity contribution in [1.29, 1.82) is 0 Å². The lowest BCUT2D eigenvalue weighted by atomic mass is 10.1. The molecular formula is C15H20N2O2. The van der Waals surface area contributed by atoms with Gasteiger partial charge in [0.05, 0.1) is 5.92 Å². The summed E-state index contributed by atoms with van der Waals surface area (Å²) in [6, 6.07) is 9.36. The van der Waals surface area contributed by atoms with Crippen LogP contribution in [0.3, 0.4) is 0 Å². The van der Waals surface area contributed by atoms with Crippen molar-refractivity contribution in [3.63, 3.8) is 0 Å². The first-order valence-corrected chi connectivity index (χ1v) is 6.84. The summed E-state index contributed by atoms with van der Waals surface area (Å²) >= 11 is 0. The lowest BCUT2D eigenvalue weighted by molar-refractivity contribution is -0.128. The van der Waals surface area contributed by atoms with Crippen molar-refractivity contribution in [2.75, 3.05) is 18.4 Å². The quantitative estimate of drug-likeness (QED) is 0.883. The molecule has 19 heavy (non-hydrogen) atoms. The molecule has 1 saturated heterocycles. The number of amides is 2. The van der Waals surface area contributed by atoms with Gasteiger partial charge in [0.2, 0.25) is 11.8 Å². The minimum Gasteiger partial charge on any atom is -0.342 e. The molecule has 1 aliphatic rings. The second kappa shape index (κ2) is 6.36. The highest BCUT2D eigenvalue weighted by Gasteiger charge is 2.33. The Hall–Kier alpha value is -1.84. The number of hydrogen-bond acceptors (Lipinski definition) is 2. The molecule has 1 atom stereocenters. The largest absolute Gasteiger partial charge is 0.342 e. The molecule has 1 fully saturated rings. The number of nitrogens with zero attached hydrogens (tertiary/aromatic N) is 1. The Balaban J connectivity index is 1.89. The number of hydrogen-bond donors (Lipinski definition) is 1. The minimum atomic E-state index is -0.218. The van der Waals surface area contributed by atoms with E-state index in [9.17, 15) is 9.59 Å². The summed E-state index contributed by atoms with van der Waals surface area (Å²) in [5, 5.41) is 2.86. The van der Waals surface area contributed by atoms with Crippen molar-refractivity contribution in [2.24, 2.45) is 5.92 Å². The molecule has 2 amide bonds. The average Bonchev–Trinajstić information content (AvgIpc) is 2.79. The van der Waals surface area contributed by atoms with Gasteiger partial charge in [0.25, 0.3) is 0 Å². The first-order chi connectivity index (χ1) is 9.20. The zero-order valence-corrected chi connectivity index (χ0v) is 11.3. The highest BCUT2D eigenvalue weighted by molar-refractivity contribution is 5.97. The van der Waals surface area contributed by atoms with Gasteiger partial charge in [-0.15, -0.1) is 0 Å². The first kappa shape index (κ1) is 13.6. The van der Waals surface area contributed by atoms with E-state index in [2.05, 4.69) is 12.2 Å². The Morgan fingerprint density at radius 3 is 2.79 bits per heavy atom. The molecular weight excluding hydrogens is 240 g/mol. The van der Waals surface area contributed by atoms with Gasteiger partial charge < -0.3 is 10.2 Å². The molecule has 1 N–H and O–H groups in total. The normalized spacial score (nSPS) is 18.7. The highest BCUT2D eigenvalue weighted by atomic mass is 16.2. The topological polar surface area (TPSA) is 49.4 Å². The first-order valence-electron chi connectivity index (χ1n) is 6.84. The molecule has 0 saturated carbocycles. The van der Waals surface area contributed by atoms with E-state index in [1.807, 2.05) is 30.3 Å². The second-order valence-electron chi connectivity index (χ2n) is 4.95. The average molecular weight is 260 g/mol. The molecule has 0 unspecified atom stereocenters. The van der Waals surface area contributed by atoms with Gasteiger partial charge in [-0.3, -0.25) is 9.59 Å². The minimum absolute atomic E-state index is 0.0569. The maximum atomic E-state index is 12.1. The standard InChI is InChI=1S/C15H20N2O2/c1-2-3-9-17-11-12(10-14(17)18)15(19)16-13-7-5-4-6-8-13/h4-8,12H,2-3,9-11H2,1H3,(H,16,19)/t12-/m1/s1. The predicted octanol–water partition coefficient (Wildman–Crippen LogP) is 2.27. The van der Waals surface area contributed by atoms with Gasteiger partial charge in [-0.1, -0.05) is 31.5 Å². The van der Waals surface area contributed by atoms with Crippen molar-refractivity contribution in [3.8, 4) is 0 Å². The fourth-order valence-electron chi connectivity index (χ4n) is 2.28. The molecule has 1 heterocycles. The van der Waals surface area contributed by atoms with E-state index < -0.39 is 0 Å². The van der Waals surface area contributed by atoms with E-state index in [-0.39, 0.29) is 17.7 Å².